The zero-order chi connectivity index (χ0) is 10.5. The van der Waals surface area contributed by atoms with Gasteiger partial charge >= 0.3 is 45.9 Å². The molecule has 0 saturated heterocycles. The topological polar surface area (TPSA) is 69.7 Å². The first-order valence-corrected chi connectivity index (χ1v) is 5.01. The molecule has 0 heterocycles. The molecule has 0 atom stereocenters. The summed E-state index contributed by atoms with van der Waals surface area (Å²) in [6.07, 6.45) is 0.518. The van der Waals surface area contributed by atoms with Crippen LogP contribution in [0.25, 0.3) is 0 Å². The van der Waals surface area contributed by atoms with Gasteiger partial charge in [-0.15, -0.1) is 0 Å². The predicted molar refractivity (Wildman–Crippen MR) is 47.2 cm³/mol. The summed E-state index contributed by atoms with van der Waals surface area (Å²) in [6, 6.07) is 0. The Morgan fingerprint density at radius 1 is 1.50 bits per heavy atom. The number of hydrogen-bond acceptors (Lipinski definition) is 5. The monoisotopic (exact) mass is 232 g/mol. The minimum atomic E-state index is -4.20. The van der Waals surface area contributed by atoms with E-state index in [0.29, 0.717) is 6.42 Å². The summed E-state index contributed by atoms with van der Waals surface area (Å²) in [5.41, 5.74) is 0.00340. The molecule has 0 amide bonds. The minimum Gasteiger partial charge on any atom is -1.00 e. The molecular formula is C7H13NaO5S. The summed E-state index contributed by atoms with van der Waals surface area (Å²) in [5, 5.41) is 0. The molecular weight excluding hydrogens is 219 g/mol. The van der Waals surface area contributed by atoms with Gasteiger partial charge in [0.05, 0.1) is 6.61 Å². The van der Waals surface area contributed by atoms with E-state index in [2.05, 4.69) is 14.9 Å². The van der Waals surface area contributed by atoms with Crippen molar-refractivity contribution in [2.75, 3.05) is 6.61 Å². The van der Waals surface area contributed by atoms with Crippen LogP contribution in [0, 0.1) is 0 Å². The maximum Gasteiger partial charge on any atom is 1.00 e. The number of carbonyl (C=O) groups is 1. The third-order valence-electron chi connectivity index (χ3n) is 0.958. The fraction of sp³-hybridized carbons (Fsp3) is 0.571. The molecule has 0 unspecified atom stereocenters. The van der Waals surface area contributed by atoms with Crippen molar-refractivity contribution < 1.29 is 52.6 Å². The fourth-order valence-corrected chi connectivity index (χ4v) is 1.12. The molecule has 0 aromatic rings. The van der Waals surface area contributed by atoms with Gasteiger partial charge in [0.25, 0.3) is 0 Å². The van der Waals surface area contributed by atoms with Crippen molar-refractivity contribution in [2.24, 2.45) is 0 Å². The van der Waals surface area contributed by atoms with Gasteiger partial charge in [-0.25, -0.2) is 8.98 Å². The van der Waals surface area contributed by atoms with Gasteiger partial charge in [0.15, 0.2) is 0 Å². The van der Waals surface area contributed by atoms with Gasteiger partial charge in [-0.1, -0.05) is 13.5 Å². The van der Waals surface area contributed by atoms with Crippen molar-refractivity contribution in [3.05, 3.63) is 12.2 Å². The van der Waals surface area contributed by atoms with E-state index in [9.17, 15) is 13.2 Å². The van der Waals surface area contributed by atoms with Crippen LogP contribution in [0.3, 0.4) is 0 Å². The van der Waals surface area contributed by atoms with Crippen molar-refractivity contribution in [1.29, 1.82) is 0 Å². The van der Waals surface area contributed by atoms with Crippen LogP contribution in [0.5, 0.6) is 0 Å². The Morgan fingerprint density at radius 3 is 2.36 bits per heavy atom. The van der Waals surface area contributed by atoms with Gasteiger partial charge < -0.3 is 5.61 Å². The average Bonchev–Trinajstić information content (AvgIpc) is 2.00. The second-order valence-corrected chi connectivity index (χ2v) is 3.60. The number of carbonyl (C=O) groups excluding carboxylic acids is 1. The molecule has 7 heteroatoms. The SMILES string of the molecule is C=C(C)C(=O)OS(=O)(=O)OCCC.[H-].[Na+]. The Kier molecular flexibility index (Phi) is 8.77. The van der Waals surface area contributed by atoms with Crippen LogP contribution >= 0.6 is 0 Å². The molecule has 0 aromatic heterocycles. The normalized spacial score (nSPS) is 10.1. The predicted octanol–water partition coefficient (Wildman–Crippen LogP) is -2.11. The Hall–Kier alpha value is 0.120. The Morgan fingerprint density at radius 2 is 2.00 bits per heavy atom. The molecule has 0 aliphatic rings. The van der Waals surface area contributed by atoms with Crippen LogP contribution in [0.15, 0.2) is 12.2 Å². The van der Waals surface area contributed by atoms with E-state index >= 15 is 0 Å². The van der Waals surface area contributed by atoms with E-state index in [1.807, 2.05) is 0 Å². The molecule has 0 bridgehead atoms. The average molecular weight is 232 g/mol. The molecule has 78 valence electrons. The summed E-state index contributed by atoms with van der Waals surface area (Å²) in [4.78, 5) is 10.7. The summed E-state index contributed by atoms with van der Waals surface area (Å²) in [7, 11) is -4.20. The number of rotatable bonds is 5. The molecule has 14 heavy (non-hydrogen) atoms. The smallest absolute Gasteiger partial charge is 1.00 e. The van der Waals surface area contributed by atoms with Crippen LogP contribution in [-0.4, -0.2) is 21.0 Å². The van der Waals surface area contributed by atoms with Crippen LogP contribution in [-0.2, 0) is 23.6 Å². The molecule has 0 N–H and O–H groups in total. The summed E-state index contributed by atoms with van der Waals surface area (Å²) in [5.74, 6) is -1.00. The molecule has 0 rings (SSSR count). The molecule has 0 saturated carbocycles. The van der Waals surface area contributed by atoms with Crippen LogP contribution in [0.2, 0.25) is 0 Å². The Bertz CT molecular complexity index is 301. The maximum atomic E-state index is 10.8. The van der Waals surface area contributed by atoms with E-state index < -0.39 is 16.4 Å². The second kappa shape index (κ2) is 7.42. The molecule has 0 aliphatic heterocycles. The zero-order valence-corrected chi connectivity index (χ0v) is 11.4. The first-order chi connectivity index (χ1) is 5.89. The number of hydrogen-bond donors (Lipinski definition) is 0. The molecule has 0 fully saturated rings. The van der Waals surface area contributed by atoms with Crippen molar-refractivity contribution in [3.63, 3.8) is 0 Å². The van der Waals surface area contributed by atoms with E-state index in [4.69, 9.17) is 0 Å². The first kappa shape index (κ1) is 16.5. The molecule has 0 radical (unpaired) electrons. The van der Waals surface area contributed by atoms with E-state index in [1.54, 1.807) is 6.92 Å². The second-order valence-electron chi connectivity index (χ2n) is 2.38. The van der Waals surface area contributed by atoms with Crippen molar-refractivity contribution in [2.45, 2.75) is 20.3 Å². The van der Waals surface area contributed by atoms with Crippen LogP contribution in [0.1, 0.15) is 21.7 Å². The quantitative estimate of drug-likeness (QED) is 0.401. The van der Waals surface area contributed by atoms with Crippen molar-refractivity contribution in [3.8, 4) is 0 Å². The van der Waals surface area contributed by atoms with E-state index in [-0.39, 0.29) is 43.2 Å². The van der Waals surface area contributed by atoms with Gasteiger partial charge in [-0.2, -0.15) is 8.42 Å². The third-order valence-corrected chi connectivity index (χ3v) is 1.77. The summed E-state index contributed by atoms with van der Waals surface area (Å²) in [6.45, 7) is 6.29. The van der Waals surface area contributed by atoms with Crippen LogP contribution in [0.4, 0.5) is 0 Å². The van der Waals surface area contributed by atoms with Crippen molar-refractivity contribution >= 4 is 16.4 Å². The fourth-order valence-electron chi connectivity index (χ4n) is 0.373. The Balaban J connectivity index is -0.000000720. The van der Waals surface area contributed by atoms with Crippen LogP contribution < -0.4 is 29.6 Å². The largest absolute Gasteiger partial charge is 1.00 e. The van der Waals surface area contributed by atoms with Gasteiger partial charge in [-0.3, -0.25) is 0 Å². The Labute approximate surface area is 108 Å². The van der Waals surface area contributed by atoms with Gasteiger partial charge in [0.1, 0.15) is 0 Å². The van der Waals surface area contributed by atoms with Gasteiger partial charge in [0.2, 0.25) is 0 Å². The van der Waals surface area contributed by atoms with Crippen molar-refractivity contribution in [1.82, 2.24) is 0 Å². The van der Waals surface area contributed by atoms with Gasteiger partial charge in [0, 0.05) is 5.57 Å². The molecule has 5 nitrogen and oxygen atoms in total. The van der Waals surface area contributed by atoms with Gasteiger partial charge in [-0.05, 0) is 13.3 Å². The molecule has 0 spiro atoms. The molecule has 0 aliphatic carbocycles. The minimum absolute atomic E-state index is 0. The molecule has 0 aromatic carbocycles. The summed E-state index contributed by atoms with van der Waals surface area (Å²) < 4.78 is 29.9. The van der Waals surface area contributed by atoms with E-state index in [0.717, 1.165) is 0 Å². The maximum absolute atomic E-state index is 10.8. The van der Waals surface area contributed by atoms with E-state index in [1.165, 1.54) is 6.92 Å². The summed E-state index contributed by atoms with van der Waals surface area (Å²) >= 11 is 0. The zero-order valence-electron chi connectivity index (χ0n) is 9.57. The first-order valence-electron chi connectivity index (χ1n) is 3.67. The third kappa shape index (κ3) is 7.52. The standard InChI is InChI=1S/C7H12O5S.Na.H/c1-4-5-11-13(9,10)12-7(8)6(2)3;;/h2,4-5H2,1,3H3;;/q;+1;-1.